The van der Waals surface area contributed by atoms with E-state index in [1.165, 1.54) is 12.1 Å². The number of rotatable bonds is 8. The monoisotopic (exact) mass is 458 g/mol. The second kappa shape index (κ2) is 11.4. The maximum Gasteiger partial charge on any atom is 0.269 e. The van der Waals surface area contributed by atoms with Crippen molar-refractivity contribution in [2.45, 2.75) is 26.4 Å². The first kappa shape index (κ1) is 20.9. The number of hydrogen-bond acceptors (Lipinski definition) is 4. The van der Waals surface area contributed by atoms with Gasteiger partial charge in [0.2, 0.25) is 0 Å². The fourth-order valence-corrected chi connectivity index (χ4v) is 2.12. The molecule has 0 unspecified atom stereocenters. The topological polar surface area (TPSA) is 97.4 Å². The van der Waals surface area contributed by atoms with Crippen LogP contribution in [-0.4, -0.2) is 33.8 Å². The van der Waals surface area contributed by atoms with E-state index in [1.807, 2.05) is 23.9 Å². The SMILES string of the molecule is CCNC(=NCc1ccc([N+](=O)[O-])cc1)NCCCn1cccn1.I. The molecule has 0 spiro atoms. The fraction of sp³-hybridized carbons (Fsp3) is 0.375. The molecule has 136 valence electrons. The summed E-state index contributed by atoms with van der Waals surface area (Å²) in [6.07, 6.45) is 4.64. The average Bonchev–Trinajstić information content (AvgIpc) is 3.10. The first-order valence-corrected chi connectivity index (χ1v) is 7.92. The lowest BCUT2D eigenvalue weighted by Gasteiger charge is -2.11. The minimum atomic E-state index is -0.404. The van der Waals surface area contributed by atoms with Gasteiger partial charge in [-0.15, -0.1) is 24.0 Å². The van der Waals surface area contributed by atoms with E-state index in [1.54, 1.807) is 18.3 Å². The lowest BCUT2D eigenvalue weighted by molar-refractivity contribution is -0.384. The Morgan fingerprint density at radius 2 is 2.08 bits per heavy atom. The zero-order valence-corrected chi connectivity index (χ0v) is 16.4. The van der Waals surface area contributed by atoms with Gasteiger partial charge in [0, 0.05) is 44.2 Å². The van der Waals surface area contributed by atoms with Crippen molar-refractivity contribution in [3.8, 4) is 0 Å². The van der Waals surface area contributed by atoms with Crippen molar-refractivity contribution < 1.29 is 4.92 Å². The van der Waals surface area contributed by atoms with Crippen molar-refractivity contribution in [2.75, 3.05) is 13.1 Å². The molecule has 25 heavy (non-hydrogen) atoms. The summed E-state index contributed by atoms with van der Waals surface area (Å²) in [5.41, 5.74) is 1.01. The van der Waals surface area contributed by atoms with E-state index in [2.05, 4.69) is 20.7 Å². The molecule has 2 N–H and O–H groups in total. The Bertz CT molecular complexity index is 658. The zero-order valence-electron chi connectivity index (χ0n) is 14.1. The fourth-order valence-electron chi connectivity index (χ4n) is 2.12. The molecule has 0 aliphatic rings. The van der Waals surface area contributed by atoms with E-state index in [9.17, 15) is 10.1 Å². The second-order valence-electron chi connectivity index (χ2n) is 5.17. The molecule has 0 amide bonds. The molecule has 0 fully saturated rings. The number of non-ortho nitro benzene ring substituents is 1. The molecule has 0 saturated carbocycles. The summed E-state index contributed by atoms with van der Waals surface area (Å²) in [5.74, 6) is 0.733. The number of halogens is 1. The summed E-state index contributed by atoms with van der Waals surface area (Å²) >= 11 is 0. The van der Waals surface area contributed by atoms with Crippen LogP contribution in [0.2, 0.25) is 0 Å². The molecule has 0 aliphatic carbocycles. The summed E-state index contributed by atoms with van der Waals surface area (Å²) in [4.78, 5) is 14.7. The largest absolute Gasteiger partial charge is 0.357 e. The number of nitrogens with one attached hydrogen (secondary N) is 2. The molecule has 0 bridgehead atoms. The number of aromatic nitrogens is 2. The van der Waals surface area contributed by atoms with Crippen LogP contribution in [0.3, 0.4) is 0 Å². The van der Waals surface area contributed by atoms with Gasteiger partial charge in [0.25, 0.3) is 5.69 Å². The van der Waals surface area contributed by atoms with Crippen molar-refractivity contribution in [3.05, 3.63) is 58.4 Å². The molecule has 0 saturated heterocycles. The molecule has 8 nitrogen and oxygen atoms in total. The van der Waals surface area contributed by atoms with E-state index < -0.39 is 4.92 Å². The molecular weight excluding hydrogens is 435 g/mol. The highest BCUT2D eigenvalue weighted by atomic mass is 127. The standard InChI is InChI=1S/C16H22N6O2.HI/c1-2-17-16(18-9-3-11-21-12-4-10-20-21)19-13-14-5-7-15(8-6-14)22(23)24;/h4-8,10,12H,2-3,9,11,13H2,1H3,(H2,17,18,19);1H. The highest BCUT2D eigenvalue weighted by molar-refractivity contribution is 14.0. The third-order valence-electron chi connectivity index (χ3n) is 3.33. The lowest BCUT2D eigenvalue weighted by atomic mass is 10.2. The predicted octanol–water partition coefficient (Wildman–Crippen LogP) is 2.55. The van der Waals surface area contributed by atoms with Gasteiger partial charge in [0.1, 0.15) is 0 Å². The van der Waals surface area contributed by atoms with Crippen molar-refractivity contribution in [2.24, 2.45) is 4.99 Å². The summed E-state index contributed by atoms with van der Waals surface area (Å²) in [6, 6.07) is 8.35. The smallest absolute Gasteiger partial charge is 0.269 e. The minimum Gasteiger partial charge on any atom is -0.357 e. The van der Waals surface area contributed by atoms with E-state index in [-0.39, 0.29) is 29.7 Å². The normalized spacial score (nSPS) is 10.8. The zero-order chi connectivity index (χ0) is 17.2. The van der Waals surface area contributed by atoms with Crippen molar-refractivity contribution in [1.29, 1.82) is 0 Å². The van der Waals surface area contributed by atoms with Crippen LogP contribution in [0.4, 0.5) is 5.69 Å². The molecule has 2 aromatic rings. The van der Waals surface area contributed by atoms with Crippen molar-refractivity contribution >= 4 is 35.6 Å². The van der Waals surface area contributed by atoms with Gasteiger partial charge in [0.15, 0.2) is 5.96 Å². The lowest BCUT2D eigenvalue weighted by Crippen LogP contribution is -2.38. The molecule has 1 aromatic heterocycles. The van der Waals surface area contributed by atoms with Crippen LogP contribution in [0.25, 0.3) is 0 Å². The number of guanidine groups is 1. The number of nitrogens with zero attached hydrogens (tertiary/aromatic N) is 4. The Labute approximate surface area is 163 Å². The number of hydrogen-bond donors (Lipinski definition) is 2. The molecule has 1 heterocycles. The summed E-state index contributed by atoms with van der Waals surface area (Å²) < 4.78 is 1.89. The predicted molar refractivity (Wildman–Crippen MR) is 108 cm³/mol. The number of aryl methyl sites for hydroxylation is 1. The van der Waals surface area contributed by atoms with E-state index >= 15 is 0 Å². The van der Waals surface area contributed by atoms with Gasteiger partial charge in [-0.1, -0.05) is 12.1 Å². The Kier molecular flexibility index (Phi) is 9.51. The Balaban J connectivity index is 0.00000312. The Morgan fingerprint density at radius 1 is 1.32 bits per heavy atom. The maximum absolute atomic E-state index is 10.6. The third kappa shape index (κ3) is 7.50. The molecule has 1 aromatic carbocycles. The van der Waals surface area contributed by atoms with Gasteiger partial charge in [-0.2, -0.15) is 5.10 Å². The summed E-state index contributed by atoms with van der Waals surface area (Å²) in [7, 11) is 0. The minimum absolute atomic E-state index is 0. The van der Waals surface area contributed by atoms with E-state index in [0.29, 0.717) is 6.54 Å². The van der Waals surface area contributed by atoms with Crippen LogP contribution in [-0.2, 0) is 13.1 Å². The number of benzene rings is 1. The van der Waals surface area contributed by atoms with Crippen LogP contribution in [0.5, 0.6) is 0 Å². The molecule has 0 radical (unpaired) electrons. The Morgan fingerprint density at radius 3 is 2.68 bits per heavy atom. The third-order valence-corrected chi connectivity index (χ3v) is 3.33. The van der Waals surface area contributed by atoms with Crippen LogP contribution >= 0.6 is 24.0 Å². The Hall–Kier alpha value is -2.17. The average molecular weight is 458 g/mol. The quantitative estimate of drug-likeness (QED) is 0.158. The summed E-state index contributed by atoms with van der Waals surface area (Å²) in [6.45, 7) is 4.87. The van der Waals surface area contributed by atoms with Crippen LogP contribution in [0.1, 0.15) is 18.9 Å². The number of nitro benzene ring substituents is 1. The van der Waals surface area contributed by atoms with Gasteiger partial charge >= 0.3 is 0 Å². The molecule has 9 heteroatoms. The highest BCUT2D eigenvalue weighted by Gasteiger charge is 2.04. The van der Waals surface area contributed by atoms with Crippen molar-refractivity contribution in [1.82, 2.24) is 20.4 Å². The van der Waals surface area contributed by atoms with Crippen LogP contribution in [0, 0.1) is 10.1 Å². The molecular formula is C16H23IN6O2. The van der Waals surface area contributed by atoms with Gasteiger partial charge in [-0.05, 0) is 25.0 Å². The van der Waals surface area contributed by atoms with Crippen LogP contribution in [0.15, 0.2) is 47.7 Å². The first-order valence-electron chi connectivity index (χ1n) is 7.92. The number of aliphatic imine (C=N–C) groups is 1. The highest BCUT2D eigenvalue weighted by Crippen LogP contribution is 2.12. The van der Waals surface area contributed by atoms with E-state index in [4.69, 9.17) is 0 Å². The first-order chi connectivity index (χ1) is 11.7. The van der Waals surface area contributed by atoms with Crippen molar-refractivity contribution in [3.63, 3.8) is 0 Å². The van der Waals surface area contributed by atoms with Gasteiger partial charge in [-0.3, -0.25) is 14.8 Å². The van der Waals surface area contributed by atoms with E-state index in [0.717, 1.165) is 37.6 Å². The molecule has 0 atom stereocenters. The number of nitro groups is 1. The van der Waals surface area contributed by atoms with Gasteiger partial charge < -0.3 is 10.6 Å². The van der Waals surface area contributed by atoms with Crippen LogP contribution < -0.4 is 10.6 Å². The van der Waals surface area contributed by atoms with Gasteiger partial charge in [0.05, 0.1) is 11.5 Å². The molecule has 2 rings (SSSR count). The second-order valence-corrected chi connectivity index (χ2v) is 5.17. The molecule has 0 aliphatic heterocycles. The maximum atomic E-state index is 10.6. The van der Waals surface area contributed by atoms with Gasteiger partial charge in [-0.25, -0.2) is 4.99 Å². The summed E-state index contributed by atoms with van der Waals surface area (Å²) in [5, 5.41) is 21.3.